The number of nitrogens with zero attached hydrogens (tertiary/aromatic N) is 1. The van der Waals surface area contributed by atoms with Gasteiger partial charge in [0.05, 0.1) is 5.02 Å². The Morgan fingerprint density at radius 1 is 1.04 bits per heavy atom. The van der Waals surface area contributed by atoms with Crippen molar-refractivity contribution < 1.29 is 4.79 Å². The molecule has 0 atom stereocenters. The number of nitrogens with one attached hydrogen (secondary N) is 1. The monoisotopic (exact) mass is 330 g/mol. The first-order valence-electron chi connectivity index (χ1n) is 8.15. The summed E-state index contributed by atoms with van der Waals surface area (Å²) < 4.78 is 0. The van der Waals surface area contributed by atoms with E-state index in [0.717, 1.165) is 0 Å². The highest BCUT2D eigenvalue weighted by Crippen LogP contribution is 2.26. The van der Waals surface area contributed by atoms with Crippen LogP contribution in [0.4, 0.5) is 5.82 Å². The van der Waals surface area contributed by atoms with Gasteiger partial charge in [-0.15, -0.1) is 0 Å². The first-order valence-corrected chi connectivity index (χ1v) is 8.53. The Labute approximate surface area is 143 Å². The molecule has 1 N–H and O–H groups in total. The summed E-state index contributed by atoms with van der Waals surface area (Å²) in [5, 5.41) is 3.39. The summed E-state index contributed by atoms with van der Waals surface area (Å²) >= 11 is 5.73. The van der Waals surface area contributed by atoms with Crippen molar-refractivity contribution in [3.05, 3.63) is 59.8 Å². The molecule has 122 valence electrons. The summed E-state index contributed by atoms with van der Waals surface area (Å²) in [6.07, 6.45) is 8.36. The third-order valence-corrected chi connectivity index (χ3v) is 4.08. The Hall–Kier alpha value is -1.87. The van der Waals surface area contributed by atoms with E-state index in [2.05, 4.69) is 10.3 Å². The summed E-state index contributed by atoms with van der Waals surface area (Å²) in [4.78, 5) is 15.8. The molecule has 1 heterocycles. The quantitative estimate of drug-likeness (QED) is 0.826. The number of carbonyl (C=O) groups excluding carboxylic acids is 1. The van der Waals surface area contributed by atoms with E-state index in [-0.39, 0.29) is 5.91 Å². The van der Waals surface area contributed by atoms with Crippen molar-refractivity contribution in [3.63, 3.8) is 0 Å². The van der Waals surface area contributed by atoms with Crippen molar-refractivity contribution >= 4 is 23.3 Å². The minimum Gasteiger partial charge on any atom is -0.311 e. The smallest absolute Gasteiger partial charge is 0.225 e. The van der Waals surface area contributed by atoms with Crippen LogP contribution in [-0.2, 0) is 4.79 Å². The van der Waals surface area contributed by atoms with E-state index >= 15 is 0 Å². The summed E-state index contributed by atoms with van der Waals surface area (Å²) in [6.45, 7) is 0. The van der Waals surface area contributed by atoms with Crippen LogP contribution < -0.4 is 5.32 Å². The minimum absolute atomic E-state index is 0.0618. The lowest BCUT2D eigenvalue weighted by Gasteiger charge is -2.20. The number of carbonyl (C=O) groups is 1. The van der Waals surface area contributed by atoms with Gasteiger partial charge in [-0.05, 0) is 30.9 Å². The molecule has 0 unspecified atom stereocenters. The number of benzene rings is 1. The molecular weight excluding hydrogens is 308 g/mol. The zero-order valence-electron chi connectivity index (χ0n) is 13.2. The lowest BCUT2D eigenvalue weighted by Crippen LogP contribution is -2.18. The van der Waals surface area contributed by atoms with E-state index in [1.807, 2.05) is 36.4 Å². The van der Waals surface area contributed by atoms with E-state index in [9.17, 15) is 4.79 Å². The Morgan fingerprint density at radius 2 is 1.65 bits per heavy atom. The molecular formula is C19H23ClN2O. The van der Waals surface area contributed by atoms with Crippen LogP contribution in [0.5, 0.6) is 0 Å². The minimum atomic E-state index is 0.0618. The first-order chi connectivity index (χ1) is 11.2. The number of halogens is 1. The largest absolute Gasteiger partial charge is 0.311 e. The predicted octanol–water partition coefficient (Wildman–Crippen LogP) is 5.33. The van der Waals surface area contributed by atoms with Crippen LogP contribution >= 0.6 is 11.6 Å². The average molecular weight is 331 g/mol. The van der Waals surface area contributed by atoms with Crippen molar-refractivity contribution in [2.24, 2.45) is 5.92 Å². The summed E-state index contributed by atoms with van der Waals surface area (Å²) in [7, 11) is 0. The molecule has 4 heteroatoms. The standard InChI is InChI=1S/C13H17ClN2O.C6H6/c14-11-6-7-12(15-9-11)16-13(17)8-10-4-2-1-3-5-10;1-2-4-6-5-3-1/h6-7,9-10H,1-5,8H2,(H,15,16,17);1-6H. The third-order valence-electron chi connectivity index (χ3n) is 3.86. The van der Waals surface area contributed by atoms with Crippen LogP contribution in [0, 0.1) is 5.92 Å². The van der Waals surface area contributed by atoms with Gasteiger partial charge in [-0.2, -0.15) is 0 Å². The van der Waals surface area contributed by atoms with E-state index in [0.29, 0.717) is 23.2 Å². The molecule has 1 aliphatic rings. The molecule has 0 spiro atoms. The van der Waals surface area contributed by atoms with Crippen molar-refractivity contribution in [1.82, 2.24) is 4.98 Å². The highest BCUT2D eigenvalue weighted by molar-refractivity contribution is 6.30. The molecule has 1 saturated carbocycles. The molecule has 23 heavy (non-hydrogen) atoms. The van der Waals surface area contributed by atoms with Gasteiger partial charge in [-0.3, -0.25) is 4.79 Å². The van der Waals surface area contributed by atoms with Gasteiger partial charge in [0.2, 0.25) is 5.91 Å². The van der Waals surface area contributed by atoms with Crippen LogP contribution in [0.1, 0.15) is 38.5 Å². The fraction of sp³-hybridized carbons (Fsp3) is 0.368. The van der Waals surface area contributed by atoms with Gasteiger partial charge in [0, 0.05) is 12.6 Å². The van der Waals surface area contributed by atoms with E-state index in [1.165, 1.54) is 38.3 Å². The lowest BCUT2D eigenvalue weighted by molar-refractivity contribution is -0.117. The highest BCUT2D eigenvalue weighted by Gasteiger charge is 2.17. The maximum Gasteiger partial charge on any atom is 0.225 e. The second-order valence-electron chi connectivity index (χ2n) is 5.77. The van der Waals surface area contributed by atoms with Crippen LogP contribution in [0.3, 0.4) is 0 Å². The molecule has 0 aliphatic heterocycles. The van der Waals surface area contributed by atoms with Crippen LogP contribution in [0.25, 0.3) is 0 Å². The van der Waals surface area contributed by atoms with Crippen molar-refractivity contribution in [1.29, 1.82) is 0 Å². The SMILES string of the molecule is O=C(CC1CCCCC1)Nc1ccc(Cl)cn1.c1ccccc1. The molecule has 1 amide bonds. The van der Waals surface area contributed by atoms with E-state index in [4.69, 9.17) is 11.6 Å². The molecule has 2 aromatic rings. The molecule has 3 rings (SSSR count). The van der Waals surface area contributed by atoms with Crippen molar-refractivity contribution in [2.45, 2.75) is 38.5 Å². The first kappa shape index (κ1) is 17.5. The van der Waals surface area contributed by atoms with Gasteiger partial charge in [-0.25, -0.2) is 4.98 Å². The Balaban J connectivity index is 0.000000268. The van der Waals surface area contributed by atoms with Crippen LogP contribution in [-0.4, -0.2) is 10.9 Å². The Kier molecular flexibility index (Phi) is 7.61. The maximum atomic E-state index is 11.8. The van der Waals surface area contributed by atoms with Gasteiger partial charge in [0.1, 0.15) is 5.82 Å². The van der Waals surface area contributed by atoms with Crippen molar-refractivity contribution in [2.75, 3.05) is 5.32 Å². The summed E-state index contributed by atoms with van der Waals surface area (Å²) in [5.41, 5.74) is 0. The normalized spacial score (nSPS) is 14.5. The fourth-order valence-corrected chi connectivity index (χ4v) is 2.79. The number of amides is 1. The molecule has 0 bridgehead atoms. The van der Waals surface area contributed by atoms with Gasteiger partial charge in [-0.1, -0.05) is 67.3 Å². The molecule has 3 nitrogen and oxygen atoms in total. The molecule has 0 radical (unpaired) electrons. The van der Waals surface area contributed by atoms with Crippen LogP contribution in [0.2, 0.25) is 5.02 Å². The Morgan fingerprint density at radius 3 is 2.17 bits per heavy atom. The van der Waals surface area contributed by atoms with Crippen LogP contribution in [0.15, 0.2) is 54.7 Å². The molecule has 1 aromatic heterocycles. The van der Waals surface area contributed by atoms with Gasteiger partial charge in [0.25, 0.3) is 0 Å². The molecule has 1 fully saturated rings. The lowest BCUT2D eigenvalue weighted by atomic mass is 9.87. The number of hydrogen-bond acceptors (Lipinski definition) is 2. The summed E-state index contributed by atoms with van der Waals surface area (Å²) in [6, 6.07) is 15.5. The molecule has 0 saturated heterocycles. The zero-order chi connectivity index (χ0) is 16.3. The average Bonchev–Trinajstić information content (AvgIpc) is 2.60. The summed E-state index contributed by atoms with van der Waals surface area (Å²) in [5.74, 6) is 1.19. The number of rotatable bonds is 3. The third kappa shape index (κ3) is 7.29. The molecule has 1 aromatic carbocycles. The fourth-order valence-electron chi connectivity index (χ4n) is 2.68. The van der Waals surface area contributed by atoms with E-state index in [1.54, 1.807) is 12.1 Å². The molecule has 1 aliphatic carbocycles. The number of pyridine rings is 1. The zero-order valence-corrected chi connectivity index (χ0v) is 14.0. The van der Waals surface area contributed by atoms with Gasteiger partial charge >= 0.3 is 0 Å². The number of anilines is 1. The number of hydrogen-bond donors (Lipinski definition) is 1. The van der Waals surface area contributed by atoms with Crippen molar-refractivity contribution in [3.8, 4) is 0 Å². The Bertz CT molecular complexity index is 539. The predicted molar refractivity (Wildman–Crippen MR) is 95.5 cm³/mol. The second kappa shape index (κ2) is 10.0. The maximum absolute atomic E-state index is 11.8. The van der Waals surface area contributed by atoms with Gasteiger partial charge < -0.3 is 5.32 Å². The second-order valence-corrected chi connectivity index (χ2v) is 6.21. The van der Waals surface area contributed by atoms with Gasteiger partial charge in [0.15, 0.2) is 0 Å². The van der Waals surface area contributed by atoms with E-state index < -0.39 is 0 Å². The highest BCUT2D eigenvalue weighted by atomic mass is 35.5. The number of aromatic nitrogens is 1. The topological polar surface area (TPSA) is 42.0 Å².